The van der Waals surface area contributed by atoms with Crippen molar-refractivity contribution < 1.29 is 9.84 Å². The van der Waals surface area contributed by atoms with Gasteiger partial charge in [0.15, 0.2) is 0 Å². The monoisotopic (exact) mass is 301 g/mol. The molecule has 0 bridgehead atoms. The Morgan fingerprint density at radius 2 is 2.14 bits per heavy atom. The van der Waals surface area contributed by atoms with Crippen LogP contribution in [0.4, 0.5) is 0 Å². The van der Waals surface area contributed by atoms with Gasteiger partial charge in [0.25, 0.3) is 0 Å². The smallest absolute Gasteiger partial charge is 0.0991 e. The van der Waals surface area contributed by atoms with Crippen molar-refractivity contribution in [1.82, 2.24) is 9.80 Å². The number of aliphatic hydroxyl groups is 1. The van der Waals surface area contributed by atoms with E-state index in [1.165, 1.54) is 5.56 Å². The summed E-state index contributed by atoms with van der Waals surface area (Å²) >= 11 is 0. The third-order valence-electron chi connectivity index (χ3n) is 4.58. The quantitative estimate of drug-likeness (QED) is 0.896. The maximum absolute atomic E-state index is 9.98. The Balaban J connectivity index is 1.57. The summed E-state index contributed by atoms with van der Waals surface area (Å²) in [5, 5.41) is 19.0. The Morgan fingerprint density at radius 1 is 1.23 bits per heavy atom. The zero-order chi connectivity index (χ0) is 15.4. The van der Waals surface area contributed by atoms with E-state index >= 15 is 0 Å². The number of aliphatic hydroxyl groups excluding tert-OH is 1. The van der Waals surface area contributed by atoms with Crippen molar-refractivity contribution in [3.05, 3.63) is 35.4 Å². The van der Waals surface area contributed by atoms with Crippen LogP contribution < -0.4 is 0 Å². The average molecular weight is 301 g/mol. The normalized spacial score (nSPS) is 27.5. The first kappa shape index (κ1) is 15.4. The van der Waals surface area contributed by atoms with Gasteiger partial charge in [0.1, 0.15) is 0 Å². The molecule has 2 atom stereocenters. The van der Waals surface area contributed by atoms with Crippen molar-refractivity contribution in [2.24, 2.45) is 0 Å². The molecule has 2 heterocycles. The van der Waals surface area contributed by atoms with Gasteiger partial charge >= 0.3 is 0 Å². The van der Waals surface area contributed by atoms with Crippen LogP contribution in [0.2, 0.25) is 0 Å². The summed E-state index contributed by atoms with van der Waals surface area (Å²) in [6.07, 6.45) is 0.750. The van der Waals surface area contributed by atoms with Crippen molar-refractivity contribution >= 4 is 0 Å². The minimum Gasteiger partial charge on any atom is -0.389 e. The lowest BCUT2D eigenvalue weighted by Crippen LogP contribution is -2.44. The number of hydrogen-bond acceptors (Lipinski definition) is 5. The second kappa shape index (κ2) is 7.21. The summed E-state index contributed by atoms with van der Waals surface area (Å²) in [6, 6.07) is 10.2. The highest BCUT2D eigenvalue weighted by Crippen LogP contribution is 2.17. The molecule has 3 rings (SSSR count). The van der Waals surface area contributed by atoms with Crippen LogP contribution >= 0.6 is 0 Å². The van der Waals surface area contributed by atoms with E-state index in [4.69, 9.17) is 10.00 Å². The summed E-state index contributed by atoms with van der Waals surface area (Å²) in [6.45, 7) is 6.00. The van der Waals surface area contributed by atoms with E-state index in [0.717, 1.165) is 44.7 Å². The van der Waals surface area contributed by atoms with Crippen LogP contribution in [0.15, 0.2) is 24.3 Å². The fourth-order valence-corrected chi connectivity index (χ4v) is 3.36. The predicted molar refractivity (Wildman–Crippen MR) is 83.2 cm³/mol. The summed E-state index contributed by atoms with van der Waals surface area (Å²) in [4.78, 5) is 4.79. The number of rotatable bonds is 3. The van der Waals surface area contributed by atoms with Crippen LogP contribution in [-0.2, 0) is 11.3 Å². The number of nitrogens with zero attached hydrogens (tertiary/aromatic N) is 3. The molecule has 2 saturated heterocycles. The fraction of sp³-hybridized carbons (Fsp3) is 0.588. The topological polar surface area (TPSA) is 59.7 Å². The first-order valence-electron chi connectivity index (χ1n) is 7.97. The van der Waals surface area contributed by atoms with Crippen LogP contribution in [0, 0.1) is 11.3 Å². The van der Waals surface area contributed by atoms with E-state index < -0.39 is 0 Å². The Kier molecular flexibility index (Phi) is 5.06. The lowest BCUT2D eigenvalue weighted by molar-refractivity contribution is 0.0837. The molecule has 5 nitrogen and oxygen atoms in total. The number of hydrogen-bond donors (Lipinski definition) is 1. The van der Waals surface area contributed by atoms with Gasteiger partial charge < -0.3 is 9.84 Å². The van der Waals surface area contributed by atoms with Gasteiger partial charge in [-0.25, -0.2) is 0 Å². The lowest BCUT2D eigenvalue weighted by atomic mass is 10.1. The van der Waals surface area contributed by atoms with Gasteiger partial charge in [-0.3, -0.25) is 9.80 Å². The lowest BCUT2D eigenvalue weighted by Gasteiger charge is -2.28. The average Bonchev–Trinajstić information content (AvgIpc) is 2.83. The molecule has 118 valence electrons. The Morgan fingerprint density at radius 3 is 2.91 bits per heavy atom. The maximum Gasteiger partial charge on any atom is 0.0991 e. The summed E-state index contributed by atoms with van der Waals surface area (Å²) in [7, 11) is 0. The highest BCUT2D eigenvalue weighted by Gasteiger charge is 2.32. The molecule has 0 aromatic heterocycles. The maximum atomic E-state index is 9.98. The Bertz CT molecular complexity index is 543. The third-order valence-corrected chi connectivity index (χ3v) is 4.58. The third kappa shape index (κ3) is 3.65. The molecular weight excluding hydrogens is 278 g/mol. The van der Waals surface area contributed by atoms with E-state index in [-0.39, 0.29) is 12.1 Å². The van der Waals surface area contributed by atoms with Crippen LogP contribution in [0.5, 0.6) is 0 Å². The van der Waals surface area contributed by atoms with Crippen LogP contribution in [0.3, 0.4) is 0 Å². The second-order valence-corrected chi connectivity index (χ2v) is 6.15. The van der Waals surface area contributed by atoms with Gasteiger partial charge in [0, 0.05) is 19.6 Å². The zero-order valence-electron chi connectivity index (χ0n) is 12.8. The predicted octanol–water partition coefficient (Wildman–Crippen LogP) is 0.826. The van der Waals surface area contributed by atoms with Crippen molar-refractivity contribution in [2.45, 2.75) is 25.1 Å². The van der Waals surface area contributed by atoms with Crippen molar-refractivity contribution in [1.29, 1.82) is 5.26 Å². The summed E-state index contributed by atoms with van der Waals surface area (Å²) in [5.41, 5.74) is 1.91. The molecule has 5 heteroatoms. The molecular formula is C17H23N3O2. The van der Waals surface area contributed by atoms with Crippen LogP contribution in [0.25, 0.3) is 0 Å². The first-order chi connectivity index (χ1) is 10.8. The first-order valence-corrected chi connectivity index (χ1v) is 7.97. The number of ether oxygens (including phenoxy) is 1. The molecule has 22 heavy (non-hydrogen) atoms. The van der Waals surface area contributed by atoms with Gasteiger partial charge in [0.2, 0.25) is 0 Å². The Hall–Kier alpha value is -1.45. The van der Waals surface area contributed by atoms with E-state index in [1.807, 2.05) is 18.2 Å². The minimum atomic E-state index is -0.348. The second-order valence-electron chi connectivity index (χ2n) is 6.15. The SMILES string of the molecule is N#Cc1cccc(CN2CCCN([C@@H]3COC[C@H]3O)CC2)c1. The molecule has 2 fully saturated rings. The van der Waals surface area contributed by atoms with Crippen molar-refractivity contribution in [3.8, 4) is 6.07 Å². The summed E-state index contributed by atoms with van der Waals surface area (Å²) < 4.78 is 5.38. The largest absolute Gasteiger partial charge is 0.389 e. The standard InChI is InChI=1S/C17H23N3O2/c18-10-14-3-1-4-15(9-14)11-19-5-2-6-20(8-7-19)16-12-22-13-17(16)21/h1,3-4,9,16-17,21H,2,5-8,11-13H2/t16-,17-/m1/s1. The highest BCUT2D eigenvalue weighted by molar-refractivity contribution is 5.32. The molecule has 1 N–H and O–H groups in total. The van der Waals surface area contributed by atoms with Crippen molar-refractivity contribution in [2.75, 3.05) is 39.4 Å². The molecule has 0 radical (unpaired) electrons. The molecule has 0 aliphatic carbocycles. The van der Waals surface area contributed by atoms with E-state index in [2.05, 4.69) is 21.9 Å². The van der Waals surface area contributed by atoms with Gasteiger partial charge in [-0.15, -0.1) is 0 Å². The molecule has 2 aliphatic rings. The Labute approximate surface area is 131 Å². The molecule has 0 amide bonds. The highest BCUT2D eigenvalue weighted by atomic mass is 16.5. The van der Waals surface area contributed by atoms with Crippen LogP contribution in [-0.4, -0.2) is 66.4 Å². The van der Waals surface area contributed by atoms with E-state index in [9.17, 15) is 5.11 Å². The number of nitriles is 1. The van der Waals surface area contributed by atoms with E-state index in [1.54, 1.807) is 0 Å². The molecule has 2 aliphatic heterocycles. The van der Waals surface area contributed by atoms with Gasteiger partial charge in [-0.1, -0.05) is 12.1 Å². The van der Waals surface area contributed by atoms with E-state index in [0.29, 0.717) is 13.2 Å². The number of benzene rings is 1. The molecule has 1 aromatic rings. The zero-order valence-corrected chi connectivity index (χ0v) is 12.8. The molecule has 0 saturated carbocycles. The van der Waals surface area contributed by atoms with Crippen LogP contribution in [0.1, 0.15) is 17.5 Å². The molecule has 0 spiro atoms. The minimum absolute atomic E-state index is 0.155. The van der Waals surface area contributed by atoms with Gasteiger partial charge in [-0.05, 0) is 37.2 Å². The van der Waals surface area contributed by atoms with Gasteiger partial charge in [-0.2, -0.15) is 5.26 Å². The molecule has 1 aromatic carbocycles. The molecule has 0 unspecified atom stereocenters. The summed E-state index contributed by atoms with van der Waals surface area (Å²) in [5.74, 6) is 0. The van der Waals surface area contributed by atoms with Crippen molar-refractivity contribution in [3.63, 3.8) is 0 Å². The van der Waals surface area contributed by atoms with Gasteiger partial charge in [0.05, 0.1) is 37.0 Å². The fourth-order valence-electron chi connectivity index (χ4n) is 3.36.